The highest BCUT2D eigenvalue weighted by atomic mass is 32.1. The molecule has 124 valence electrons. The molecule has 0 aliphatic rings. The summed E-state index contributed by atoms with van der Waals surface area (Å²) in [5, 5.41) is 40.7. The van der Waals surface area contributed by atoms with E-state index in [4.69, 9.17) is 0 Å². The van der Waals surface area contributed by atoms with Gasteiger partial charge in [0.25, 0.3) is 0 Å². The number of thiophene rings is 2. The lowest BCUT2D eigenvalue weighted by molar-refractivity contribution is 0.890. The van der Waals surface area contributed by atoms with Gasteiger partial charge in [-0.3, -0.25) is 0 Å². The maximum atomic E-state index is 9.48. The van der Waals surface area contributed by atoms with E-state index in [1.165, 1.54) is 22.7 Å². The largest absolute Gasteiger partial charge is 0.192 e. The minimum atomic E-state index is 0.0490. The third-order valence-electron chi connectivity index (χ3n) is 4.12. The fourth-order valence-electron chi connectivity index (χ4n) is 2.97. The van der Waals surface area contributed by atoms with Gasteiger partial charge in [-0.1, -0.05) is 13.8 Å². The Kier molecular flexibility index (Phi) is 4.50. The molecule has 0 saturated heterocycles. The van der Waals surface area contributed by atoms with Crippen LogP contribution in [-0.4, -0.2) is 0 Å². The number of fused-ring (bicyclic) bond motifs is 2. The monoisotopic (exact) mass is 372 g/mol. The highest BCUT2D eigenvalue weighted by molar-refractivity contribution is 7.21. The van der Waals surface area contributed by atoms with Crippen LogP contribution in [0, 0.1) is 52.2 Å². The summed E-state index contributed by atoms with van der Waals surface area (Å²) in [5.74, 6) is 0.258. The van der Waals surface area contributed by atoms with Crippen molar-refractivity contribution >= 4 is 54.0 Å². The standard InChI is InChI=1S/C20H12N4S2/c1-10(2)16-5-15-17(12(6-21)7-22)14-4-11(3)25-19(14)18(20(15)26-16)13(8-23)9-24/h4-5,10H,1-3H3. The first-order chi connectivity index (χ1) is 12.5. The van der Waals surface area contributed by atoms with Gasteiger partial charge in [-0.2, -0.15) is 21.0 Å². The zero-order valence-corrected chi connectivity index (χ0v) is 16.0. The molecule has 0 spiro atoms. The number of rotatable bonds is 1. The molecule has 0 radical (unpaired) electrons. The minimum absolute atomic E-state index is 0.0490. The van der Waals surface area contributed by atoms with Crippen LogP contribution >= 0.6 is 22.7 Å². The van der Waals surface area contributed by atoms with Crippen LogP contribution in [0.3, 0.4) is 0 Å². The van der Waals surface area contributed by atoms with E-state index in [-0.39, 0.29) is 17.1 Å². The van der Waals surface area contributed by atoms with Crippen molar-refractivity contribution in [3.63, 3.8) is 0 Å². The summed E-state index contributed by atoms with van der Waals surface area (Å²) in [5.41, 5.74) is 0.106. The van der Waals surface area contributed by atoms with Gasteiger partial charge in [0.05, 0.1) is 0 Å². The van der Waals surface area contributed by atoms with Crippen molar-refractivity contribution in [3.05, 3.63) is 32.3 Å². The first-order valence-corrected chi connectivity index (χ1v) is 9.44. The van der Waals surface area contributed by atoms with Crippen molar-refractivity contribution in [2.75, 3.05) is 0 Å². The molecule has 4 nitrogen and oxygen atoms in total. The lowest BCUT2D eigenvalue weighted by atomic mass is 10.0. The van der Waals surface area contributed by atoms with Crippen LogP contribution in [-0.2, 0) is 0 Å². The first kappa shape index (κ1) is 17.7. The van der Waals surface area contributed by atoms with Gasteiger partial charge in [0.2, 0.25) is 0 Å². The molecule has 0 fully saturated rings. The van der Waals surface area contributed by atoms with Crippen molar-refractivity contribution in [1.29, 1.82) is 21.0 Å². The van der Waals surface area contributed by atoms with E-state index in [0.717, 1.165) is 29.9 Å². The zero-order chi connectivity index (χ0) is 19.0. The van der Waals surface area contributed by atoms with E-state index in [9.17, 15) is 21.0 Å². The van der Waals surface area contributed by atoms with Crippen LogP contribution in [0.4, 0.5) is 0 Å². The van der Waals surface area contributed by atoms with E-state index in [1.807, 2.05) is 43.3 Å². The zero-order valence-electron chi connectivity index (χ0n) is 14.3. The summed E-state index contributed by atoms with van der Waals surface area (Å²) in [6.45, 7) is 6.06. The molecule has 3 aromatic rings. The average Bonchev–Trinajstić information content (AvgIpc) is 3.21. The Labute approximate surface area is 158 Å². The van der Waals surface area contributed by atoms with E-state index in [2.05, 4.69) is 13.8 Å². The van der Waals surface area contributed by atoms with Crippen molar-refractivity contribution < 1.29 is 0 Å². The second-order valence-electron chi connectivity index (χ2n) is 6.09. The number of benzene rings is 1. The lowest BCUT2D eigenvalue weighted by Gasteiger charge is -1.99. The minimum Gasteiger partial charge on any atom is -0.192 e. The molecule has 26 heavy (non-hydrogen) atoms. The predicted octanol–water partition coefficient (Wildman–Crippen LogP) is 3.94. The van der Waals surface area contributed by atoms with Gasteiger partial charge in [0, 0.05) is 40.4 Å². The molecular weight excluding hydrogens is 360 g/mol. The van der Waals surface area contributed by atoms with Crippen LogP contribution in [0.1, 0.15) is 29.5 Å². The number of hydrogen-bond donors (Lipinski definition) is 0. The van der Waals surface area contributed by atoms with Gasteiger partial charge in [-0.15, -0.1) is 22.7 Å². The summed E-state index contributed by atoms with van der Waals surface area (Å²) in [6.07, 6.45) is 0. The third kappa shape index (κ3) is 2.54. The van der Waals surface area contributed by atoms with Crippen molar-refractivity contribution in [2.24, 2.45) is 0 Å². The molecule has 3 rings (SSSR count). The van der Waals surface area contributed by atoms with Gasteiger partial charge in [-0.25, -0.2) is 0 Å². The molecule has 0 amide bonds. The van der Waals surface area contributed by atoms with Crippen LogP contribution in [0.25, 0.3) is 31.3 Å². The van der Waals surface area contributed by atoms with Gasteiger partial charge in [0.1, 0.15) is 35.4 Å². The Morgan fingerprint density at radius 3 is 1.85 bits per heavy atom. The van der Waals surface area contributed by atoms with Crippen LogP contribution in [0.2, 0.25) is 0 Å². The summed E-state index contributed by atoms with van der Waals surface area (Å²) in [6, 6.07) is 11.9. The van der Waals surface area contributed by atoms with E-state index in [0.29, 0.717) is 10.4 Å². The number of aryl methyl sites for hydroxylation is 1. The number of nitrogens with zero attached hydrogens (tertiary/aromatic N) is 4. The van der Waals surface area contributed by atoms with E-state index in [1.54, 1.807) is 0 Å². The average molecular weight is 372 g/mol. The molecule has 0 saturated carbocycles. The fourth-order valence-corrected chi connectivity index (χ4v) is 5.34. The normalized spacial score (nSPS) is 10.3. The molecule has 0 bridgehead atoms. The molecule has 0 aliphatic carbocycles. The van der Waals surface area contributed by atoms with Crippen molar-refractivity contribution in [2.45, 2.75) is 26.7 Å². The van der Waals surface area contributed by atoms with Gasteiger partial charge >= 0.3 is 0 Å². The lowest BCUT2D eigenvalue weighted by Crippen LogP contribution is -2.15. The Morgan fingerprint density at radius 2 is 1.31 bits per heavy atom. The van der Waals surface area contributed by atoms with E-state index >= 15 is 0 Å². The van der Waals surface area contributed by atoms with Gasteiger partial charge in [-0.05, 0) is 25.0 Å². The number of nitriles is 4. The maximum Gasteiger partial charge on any atom is 0.139 e. The van der Waals surface area contributed by atoms with Crippen LogP contribution in [0.15, 0.2) is 12.1 Å². The Morgan fingerprint density at radius 1 is 0.808 bits per heavy atom. The van der Waals surface area contributed by atoms with Crippen molar-refractivity contribution in [1.82, 2.24) is 0 Å². The van der Waals surface area contributed by atoms with Gasteiger partial charge in [0.15, 0.2) is 0 Å². The number of hydrogen-bond acceptors (Lipinski definition) is 6. The SMILES string of the molecule is Cc1cc2c(=C(C#N)C#N)c3cc(C(C)C)sc3c(=C(C#N)C#N)c2s1. The highest BCUT2D eigenvalue weighted by Gasteiger charge is 2.18. The molecule has 1 aromatic carbocycles. The van der Waals surface area contributed by atoms with E-state index < -0.39 is 0 Å². The molecule has 0 unspecified atom stereocenters. The Hall–Kier alpha value is -3.16. The molecule has 0 aliphatic heterocycles. The fraction of sp³-hybridized carbons (Fsp3) is 0.200. The second kappa shape index (κ2) is 6.62. The Balaban J connectivity index is 2.88. The maximum absolute atomic E-state index is 9.48. The smallest absolute Gasteiger partial charge is 0.139 e. The highest BCUT2D eigenvalue weighted by Crippen LogP contribution is 2.31. The van der Waals surface area contributed by atoms with Gasteiger partial charge < -0.3 is 0 Å². The van der Waals surface area contributed by atoms with Crippen molar-refractivity contribution in [3.8, 4) is 24.3 Å². The summed E-state index contributed by atoms with van der Waals surface area (Å²) >= 11 is 2.99. The third-order valence-corrected chi connectivity index (χ3v) is 6.64. The molecule has 2 heterocycles. The summed E-state index contributed by atoms with van der Waals surface area (Å²) < 4.78 is 1.57. The molecule has 2 aromatic heterocycles. The first-order valence-electron chi connectivity index (χ1n) is 7.81. The molecule has 6 heteroatoms. The summed E-state index contributed by atoms with van der Waals surface area (Å²) in [4.78, 5) is 2.08. The second-order valence-corrected chi connectivity index (χ2v) is 8.43. The van der Waals surface area contributed by atoms with Crippen LogP contribution < -0.4 is 10.4 Å². The quantitative estimate of drug-likeness (QED) is 0.646. The summed E-state index contributed by atoms with van der Waals surface area (Å²) in [7, 11) is 0. The molecular formula is C20H12N4S2. The topological polar surface area (TPSA) is 95.2 Å². The molecule has 0 atom stereocenters. The van der Waals surface area contributed by atoms with Crippen LogP contribution in [0.5, 0.6) is 0 Å². The Bertz CT molecular complexity index is 1230. The molecule has 0 N–H and O–H groups in total. The predicted molar refractivity (Wildman–Crippen MR) is 105 cm³/mol.